The summed E-state index contributed by atoms with van der Waals surface area (Å²) in [7, 11) is 0. The van der Waals surface area contributed by atoms with E-state index in [2.05, 4.69) is 15.6 Å². The Bertz CT molecular complexity index is 955. The van der Waals surface area contributed by atoms with Crippen LogP contribution in [0.15, 0.2) is 60.8 Å². The SMILES string of the molecule is Cc1ccccc1C(=O)Nc1ccc(Nc2ccc3c(c2)OCO3)cn1. The number of amides is 1. The Labute approximate surface area is 150 Å². The number of anilines is 3. The summed E-state index contributed by atoms with van der Waals surface area (Å²) in [6.07, 6.45) is 1.66. The summed E-state index contributed by atoms with van der Waals surface area (Å²) in [6, 6.07) is 16.7. The fourth-order valence-corrected chi connectivity index (χ4v) is 2.69. The van der Waals surface area contributed by atoms with E-state index in [1.165, 1.54) is 0 Å². The second-order valence-corrected chi connectivity index (χ2v) is 5.89. The summed E-state index contributed by atoms with van der Waals surface area (Å²) in [5, 5.41) is 6.05. The van der Waals surface area contributed by atoms with Crippen molar-refractivity contribution in [1.82, 2.24) is 4.98 Å². The highest BCUT2D eigenvalue weighted by molar-refractivity contribution is 6.04. The van der Waals surface area contributed by atoms with Crippen molar-refractivity contribution in [3.8, 4) is 11.5 Å². The highest BCUT2D eigenvalue weighted by Gasteiger charge is 2.13. The van der Waals surface area contributed by atoms with Gasteiger partial charge in [0, 0.05) is 17.3 Å². The number of fused-ring (bicyclic) bond motifs is 1. The van der Waals surface area contributed by atoms with Crippen LogP contribution in [0.5, 0.6) is 11.5 Å². The zero-order valence-corrected chi connectivity index (χ0v) is 14.2. The molecule has 2 heterocycles. The van der Waals surface area contributed by atoms with Crippen molar-refractivity contribution < 1.29 is 14.3 Å². The molecule has 130 valence electrons. The first-order chi connectivity index (χ1) is 12.7. The molecule has 6 nitrogen and oxygen atoms in total. The molecule has 0 fully saturated rings. The summed E-state index contributed by atoms with van der Waals surface area (Å²) in [6.45, 7) is 2.15. The number of hydrogen-bond acceptors (Lipinski definition) is 5. The first kappa shape index (κ1) is 16.0. The molecule has 2 aromatic carbocycles. The number of benzene rings is 2. The fraction of sp³-hybridized carbons (Fsp3) is 0.100. The molecule has 3 aromatic rings. The number of aromatic nitrogens is 1. The quantitative estimate of drug-likeness (QED) is 0.743. The van der Waals surface area contributed by atoms with Gasteiger partial charge in [0.15, 0.2) is 11.5 Å². The number of nitrogens with one attached hydrogen (secondary N) is 2. The number of nitrogens with zero attached hydrogens (tertiary/aromatic N) is 1. The maximum absolute atomic E-state index is 12.3. The smallest absolute Gasteiger partial charge is 0.257 e. The zero-order chi connectivity index (χ0) is 17.9. The molecular formula is C20H17N3O3. The van der Waals surface area contributed by atoms with Crippen molar-refractivity contribution in [2.24, 2.45) is 0 Å². The average molecular weight is 347 g/mol. The molecule has 1 aromatic heterocycles. The van der Waals surface area contributed by atoms with E-state index in [-0.39, 0.29) is 12.7 Å². The molecule has 0 bridgehead atoms. The highest BCUT2D eigenvalue weighted by Crippen LogP contribution is 2.35. The van der Waals surface area contributed by atoms with Gasteiger partial charge in [-0.3, -0.25) is 4.79 Å². The van der Waals surface area contributed by atoms with Crippen molar-refractivity contribution in [1.29, 1.82) is 0 Å². The van der Waals surface area contributed by atoms with Crippen molar-refractivity contribution in [2.75, 3.05) is 17.4 Å². The molecule has 0 saturated heterocycles. The van der Waals surface area contributed by atoms with Crippen LogP contribution in [0.25, 0.3) is 0 Å². The van der Waals surface area contributed by atoms with Gasteiger partial charge >= 0.3 is 0 Å². The first-order valence-electron chi connectivity index (χ1n) is 8.19. The van der Waals surface area contributed by atoms with Gasteiger partial charge in [-0.2, -0.15) is 0 Å². The third kappa shape index (κ3) is 3.30. The molecule has 0 radical (unpaired) electrons. The Morgan fingerprint density at radius 1 is 1.00 bits per heavy atom. The van der Waals surface area contributed by atoms with Crippen LogP contribution in [0.3, 0.4) is 0 Å². The molecule has 0 aliphatic carbocycles. The monoisotopic (exact) mass is 347 g/mol. The third-order valence-corrected chi connectivity index (χ3v) is 4.06. The highest BCUT2D eigenvalue weighted by atomic mass is 16.7. The number of ether oxygens (including phenoxy) is 2. The van der Waals surface area contributed by atoms with Gasteiger partial charge in [-0.25, -0.2) is 4.98 Å². The molecule has 0 atom stereocenters. The van der Waals surface area contributed by atoms with Crippen LogP contribution >= 0.6 is 0 Å². The molecule has 1 amide bonds. The van der Waals surface area contributed by atoms with Gasteiger partial charge in [-0.05, 0) is 42.8 Å². The second kappa shape index (κ2) is 6.76. The predicted molar refractivity (Wildman–Crippen MR) is 99.2 cm³/mol. The maximum atomic E-state index is 12.3. The van der Waals surface area contributed by atoms with Crippen molar-refractivity contribution in [2.45, 2.75) is 6.92 Å². The summed E-state index contributed by atoms with van der Waals surface area (Å²) < 4.78 is 10.7. The molecule has 0 unspecified atom stereocenters. The first-order valence-corrected chi connectivity index (χ1v) is 8.19. The van der Waals surface area contributed by atoms with E-state index in [9.17, 15) is 4.79 Å². The van der Waals surface area contributed by atoms with E-state index >= 15 is 0 Å². The molecule has 26 heavy (non-hydrogen) atoms. The van der Waals surface area contributed by atoms with Gasteiger partial charge in [-0.15, -0.1) is 0 Å². The van der Waals surface area contributed by atoms with Gasteiger partial charge in [0.1, 0.15) is 5.82 Å². The molecule has 2 N–H and O–H groups in total. The van der Waals surface area contributed by atoms with Crippen LogP contribution in [-0.2, 0) is 0 Å². The number of rotatable bonds is 4. The normalized spacial score (nSPS) is 11.9. The molecule has 1 aliphatic heterocycles. The lowest BCUT2D eigenvalue weighted by Crippen LogP contribution is -2.14. The molecule has 1 aliphatic rings. The Balaban J connectivity index is 1.44. The minimum Gasteiger partial charge on any atom is -0.454 e. The summed E-state index contributed by atoms with van der Waals surface area (Å²) in [5.41, 5.74) is 3.23. The largest absolute Gasteiger partial charge is 0.454 e. The molecule has 4 rings (SSSR count). The average Bonchev–Trinajstić information content (AvgIpc) is 3.11. The van der Waals surface area contributed by atoms with E-state index < -0.39 is 0 Å². The summed E-state index contributed by atoms with van der Waals surface area (Å²) in [4.78, 5) is 16.6. The fourth-order valence-electron chi connectivity index (χ4n) is 2.69. The van der Waals surface area contributed by atoms with E-state index in [0.717, 1.165) is 22.7 Å². The van der Waals surface area contributed by atoms with E-state index in [4.69, 9.17) is 9.47 Å². The zero-order valence-electron chi connectivity index (χ0n) is 14.2. The van der Waals surface area contributed by atoms with Crippen LogP contribution in [-0.4, -0.2) is 17.7 Å². The van der Waals surface area contributed by atoms with Crippen LogP contribution in [0, 0.1) is 6.92 Å². The summed E-state index contributed by atoms with van der Waals surface area (Å²) >= 11 is 0. The lowest BCUT2D eigenvalue weighted by Gasteiger charge is -2.09. The van der Waals surface area contributed by atoms with Gasteiger partial charge in [0.25, 0.3) is 5.91 Å². The number of carbonyl (C=O) groups excluding carboxylic acids is 1. The van der Waals surface area contributed by atoms with E-state index in [0.29, 0.717) is 17.1 Å². The van der Waals surface area contributed by atoms with Crippen LogP contribution < -0.4 is 20.1 Å². The Hall–Kier alpha value is -3.54. The second-order valence-electron chi connectivity index (χ2n) is 5.89. The van der Waals surface area contributed by atoms with Crippen molar-refractivity contribution in [3.05, 3.63) is 71.9 Å². The maximum Gasteiger partial charge on any atom is 0.257 e. The number of carbonyl (C=O) groups is 1. The molecule has 0 saturated carbocycles. The van der Waals surface area contributed by atoms with Gasteiger partial charge in [0.05, 0.1) is 11.9 Å². The van der Waals surface area contributed by atoms with Crippen LogP contribution in [0.1, 0.15) is 15.9 Å². The van der Waals surface area contributed by atoms with Gasteiger partial charge < -0.3 is 20.1 Å². The molecule has 6 heteroatoms. The lowest BCUT2D eigenvalue weighted by atomic mass is 10.1. The minimum absolute atomic E-state index is 0.174. The van der Waals surface area contributed by atoms with E-state index in [1.54, 1.807) is 18.3 Å². The molecule has 0 spiro atoms. The molecular weight excluding hydrogens is 330 g/mol. The topological polar surface area (TPSA) is 72.5 Å². The summed E-state index contributed by atoms with van der Waals surface area (Å²) in [5.74, 6) is 1.77. The van der Waals surface area contributed by atoms with Crippen LogP contribution in [0.4, 0.5) is 17.2 Å². The Morgan fingerprint density at radius 2 is 1.81 bits per heavy atom. The number of pyridine rings is 1. The lowest BCUT2D eigenvalue weighted by molar-refractivity contribution is 0.102. The minimum atomic E-state index is -0.174. The number of aryl methyl sites for hydroxylation is 1. The standard InChI is InChI=1S/C20H17N3O3/c1-13-4-2-3-5-16(13)20(24)23-19-9-7-15(11-21-19)22-14-6-8-17-18(10-14)26-12-25-17/h2-11,22H,12H2,1H3,(H,21,23,24). The third-order valence-electron chi connectivity index (χ3n) is 4.06. The van der Waals surface area contributed by atoms with Gasteiger partial charge in [0.2, 0.25) is 6.79 Å². The van der Waals surface area contributed by atoms with Gasteiger partial charge in [-0.1, -0.05) is 18.2 Å². The predicted octanol–water partition coefficient (Wildman–Crippen LogP) is 4.11. The van der Waals surface area contributed by atoms with E-state index in [1.807, 2.05) is 49.4 Å². The Kier molecular flexibility index (Phi) is 4.15. The van der Waals surface area contributed by atoms with Crippen molar-refractivity contribution in [3.63, 3.8) is 0 Å². The Morgan fingerprint density at radius 3 is 2.62 bits per heavy atom. The van der Waals surface area contributed by atoms with Crippen molar-refractivity contribution >= 4 is 23.1 Å². The van der Waals surface area contributed by atoms with Crippen LogP contribution in [0.2, 0.25) is 0 Å². The number of hydrogen-bond donors (Lipinski definition) is 2.